The van der Waals surface area contributed by atoms with E-state index in [-0.39, 0.29) is 37.8 Å². The van der Waals surface area contributed by atoms with Crippen LogP contribution in [0.4, 0.5) is 0 Å². The van der Waals surface area contributed by atoms with E-state index < -0.39 is 17.5 Å². The predicted octanol–water partition coefficient (Wildman–Crippen LogP) is 2.34. The van der Waals surface area contributed by atoms with Crippen LogP contribution in [0, 0.1) is 0 Å². The van der Waals surface area contributed by atoms with Crippen LogP contribution >= 0.6 is 0 Å². The molecule has 7 nitrogen and oxygen atoms in total. The molecule has 0 aromatic carbocycles. The summed E-state index contributed by atoms with van der Waals surface area (Å²) in [7, 11) is 0. The lowest BCUT2D eigenvalue weighted by Crippen LogP contribution is -2.27. The number of esters is 3. The molecule has 138 valence electrons. The Balaban J connectivity index is 3.57. The molecular weight excluding hydrogens is 316 g/mol. The Morgan fingerprint density at radius 3 is 1.58 bits per heavy atom. The molecule has 0 atom stereocenters. The molecule has 0 rings (SSSR count). The lowest BCUT2D eigenvalue weighted by atomic mass is 10.1. The molecule has 0 unspecified atom stereocenters. The Kier molecular flexibility index (Phi) is 10.7. The van der Waals surface area contributed by atoms with Crippen molar-refractivity contribution in [1.82, 2.24) is 0 Å². The number of unbranched alkanes of at least 4 members (excludes halogenated alkanes) is 3. The minimum Gasteiger partial charge on any atom is -0.458 e. The summed E-state index contributed by atoms with van der Waals surface area (Å²) >= 11 is 0. The standard InChI is InChI=1S/C17H28O7/c1-13(18)11-22-14(19)9-7-5-6-8-10-15(20)23-12-16(21)24-17(2,3)4/h5-12H2,1-4H3. The number of rotatable bonds is 11. The fraction of sp³-hybridized carbons (Fsp3) is 0.765. The molecule has 0 aliphatic heterocycles. The van der Waals surface area contributed by atoms with Gasteiger partial charge in [-0.05, 0) is 40.5 Å². The maximum absolute atomic E-state index is 11.5. The van der Waals surface area contributed by atoms with Crippen LogP contribution in [0.15, 0.2) is 0 Å². The number of ether oxygens (including phenoxy) is 3. The Bertz CT molecular complexity index is 435. The average molecular weight is 344 g/mol. The monoisotopic (exact) mass is 344 g/mol. The zero-order valence-corrected chi connectivity index (χ0v) is 15.0. The molecule has 0 aliphatic rings. The van der Waals surface area contributed by atoms with E-state index in [1.807, 2.05) is 0 Å². The van der Waals surface area contributed by atoms with Gasteiger partial charge in [0, 0.05) is 12.8 Å². The van der Waals surface area contributed by atoms with E-state index in [1.54, 1.807) is 20.8 Å². The van der Waals surface area contributed by atoms with Crippen LogP contribution in [-0.4, -0.2) is 42.5 Å². The Morgan fingerprint density at radius 2 is 1.17 bits per heavy atom. The fourth-order valence-electron chi connectivity index (χ4n) is 1.73. The van der Waals surface area contributed by atoms with Crippen LogP contribution in [0.3, 0.4) is 0 Å². The van der Waals surface area contributed by atoms with Gasteiger partial charge in [-0.15, -0.1) is 0 Å². The first-order chi connectivity index (χ1) is 11.1. The van der Waals surface area contributed by atoms with Crippen molar-refractivity contribution in [1.29, 1.82) is 0 Å². The summed E-state index contributed by atoms with van der Waals surface area (Å²) in [6.45, 7) is 6.02. The average Bonchev–Trinajstić information content (AvgIpc) is 2.44. The topological polar surface area (TPSA) is 96.0 Å². The van der Waals surface area contributed by atoms with Gasteiger partial charge in [0.1, 0.15) is 12.2 Å². The van der Waals surface area contributed by atoms with Gasteiger partial charge in [0.15, 0.2) is 12.4 Å². The number of carbonyl (C=O) groups is 4. The van der Waals surface area contributed by atoms with E-state index in [0.29, 0.717) is 12.8 Å². The number of hydrogen-bond acceptors (Lipinski definition) is 7. The molecule has 0 radical (unpaired) electrons. The third kappa shape index (κ3) is 15.0. The van der Waals surface area contributed by atoms with Crippen molar-refractivity contribution in [3.8, 4) is 0 Å². The van der Waals surface area contributed by atoms with Crippen molar-refractivity contribution in [2.75, 3.05) is 13.2 Å². The molecule has 0 aliphatic carbocycles. The maximum atomic E-state index is 11.5. The van der Waals surface area contributed by atoms with E-state index >= 15 is 0 Å². The number of ketones is 1. The molecule has 0 saturated carbocycles. The van der Waals surface area contributed by atoms with Crippen LogP contribution in [-0.2, 0) is 33.4 Å². The van der Waals surface area contributed by atoms with E-state index in [2.05, 4.69) is 0 Å². The molecule has 0 saturated heterocycles. The molecule has 0 bridgehead atoms. The van der Waals surface area contributed by atoms with Crippen molar-refractivity contribution < 1.29 is 33.4 Å². The fourth-order valence-corrected chi connectivity index (χ4v) is 1.73. The number of Topliss-reactive ketones (excluding diaryl/α,β-unsaturated/α-hetero) is 1. The number of hydrogen-bond donors (Lipinski definition) is 0. The maximum Gasteiger partial charge on any atom is 0.344 e. The second-order valence-corrected chi connectivity index (χ2v) is 6.52. The molecule has 0 aromatic heterocycles. The highest BCUT2D eigenvalue weighted by atomic mass is 16.6. The molecule has 0 N–H and O–H groups in total. The van der Waals surface area contributed by atoms with Crippen molar-refractivity contribution in [3.63, 3.8) is 0 Å². The Morgan fingerprint density at radius 1 is 0.708 bits per heavy atom. The van der Waals surface area contributed by atoms with E-state index in [0.717, 1.165) is 12.8 Å². The summed E-state index contributed by atoms with van der Waals surface area (Å²) in [4.78, 5) is 44.7. The molecule has 24 heavy (non-hydrogen) atoms. The quantitative estimate of drug-likeness (QED) is 0.322. The second kappa shape index (κ2) is 11.6. The summed E-state index contributed by atoms with van der Waals surface area (Å²) in [6, 6.07) is 0. The smallest absolute Gasteiger partial charge is 0.344 e. The molecule has 0 fully saturated rings. The lowest BCUT2D eigenvalue weighted by molar-refractivity contribution is -0.166. The van der Waals surface area contributed by atoms with Gasteiger partial charge in [0.25, 0.3) is 0 Å². The minimum atomic E-state index is -0.602. The van der Waals surface area contributed by atoms with Crippen LogP contribution < -0.4 is 0 Å². The molecule has 0 aromatic rings. The van der Waals surface area contributed by atoms with Gasteiger partial charge in [0.2, 0.25) is 0 Å². The van der Waals surface area contributed by atoms with Gasteiger partial charge in [0.05, 0.1) is 0 Å². The summed E-state index contributed by atoms with van der Waals surface area (Å²) in [6.07, 6.45) is 3.28. The third-order valence-electron chi connectivity index (χ3n) is 2.72. The summed E-state index contributed by atoms with van der Waals surface area (Å²) in [5.41, 5.74) is -0.602. The third-order valence-corrected chi connectivity index (χ3v) is 2.72. The van der Waals surface area contributed by atoms with Crippen LogP contribution in [0.1, 0.15) is 66.2 Å². The van der Waals surface area contributed by atoms with E-state index in [1.165, 1.54) is 6.92 Å². The number of carbonyl (C=O) groups excluding carboxylic acids is 4. The van der Waals surface area contributed by atoms with Crippen molar-refractivity contribution in [2.45, 2.75) is 71.8 Å². The highest BCUT2D eigenvalue weighted by molar-refractivity contribution is 5.80. The molecule has 0 heterocycles. The molecular formula is C17H28O7. The normalized spacial score (nSPS) is 10.8. The van der Waals surface area contributed by atoms with Crippen molar-refractivity contribution in [2.24, 2.45) is 0 Å². The van der Waals surface area contributed by atoms with E-state index in [4.69, 9.17) is 14.2 Å². The van der Waals surface area contributed by atoms with Crippen molar-refractivity contribution >= 4 is 23.7 Å². The van der Waals surface area contributed by atoms with Gasteiger partial charge in [-0.1, -0.05) is 12.8 Å². The summed E-state index contributed by atoms with van der Waals surface area (Å²) in [5, 5.41) is 0. The SMILES string of the molecule is CC(=O)COC(=O)CCCCCCC(=O)OCC(=O)OC(C)(C)C. The zero-order chi connectivity index (χ0) is 18.6. The van der Waals surface area contributed by atoms with Gasteiger partial charge < -0.3 is 14.2 Å². The Labute approximate surface area is 143 Å². The highest BCUT2D eigenvalue weighted by Crippen LogP contribution is 2.09. The summed E-state index contributed by atoms with van der Waals surface area (Å²) in [5.74, 6) is -1.59. The molecule has 0 spiro atoms. The first-order valence-electron chi connectivity index (χ1n) is 8.12. The van der Waals surface area contributed by atoms with Crippen LogP contribution in [0.5, 0.6) is 0 Å². The van der Waals surface area contributed by atoms with Gasteiger partial charge in [-0.2, -0.15) is 0 Å². The lowest BCUT2D eigenvalue weighted by Gasteiger charge is -2.19. The van der Waals surface area contributed by atoms with E-state index in [9.17, 15) is 19.2 Å². The van der Waals surface area contributed by atoms with Crippen molar-refractivity contribution in [3.05, 3.63) is 0 Å². The van der Waals surface area contributed by atoms with Gasteiger partial charge >= 0.3 is 17.9 Å². The molecule has 0 amide bonds. The first kappa shape index (κ1) is 22.1. The largest absolute Gasteiger partial charge is 0.458 e. The van der Waals surface area contributed by atoms with Crippen LogP contribution in [0.25, 0.3) is 0 Å². The zero-order valence-electron chi connectivity index (χ0n) is 15.0. The summed E-state index contributed by atoms with van der Waals surface area (Å²) < 4.78 is 14.6. The first-order valence-corrected chi connectivity index (χ1v) is 8.12. The minimum absolute atomic E-state index is 0.178. The molecule has 7 heteroatoms. The van der Waals surface area contributed by atoms with Gasteiger partial charge in [-0.3, -0.25) is 14.4 Å². The van der Waals surface area contributed by atoms with Crippen LogP contribution in [0.2, 0.25) is 0 Å². The highest BCUT2D eigenvalue weighted by Gasteiger charge is 2.17. The van der Waals surface area contributed by atoms with Gasteiger partial charge in [-0.25, -0.2) is 4.79 Å². The predicted molar refractivity (Wildman–Crippen MR) is 86.1 cm³/mol. The Hall–Kier alpha value is -1.92. The second-order valence-electron chi connectivity index (χ2n) is 6.52.